The van der Waals surface area contributed by atoms with Gasteiger partial charge >= 0.3 is 23.9 Å². The minimum absolute atomic E-state index is 0.0683. The molecule has 0 amide bonds. The van der Waals surface area contributed by atoms with Crippen LogP contribution in [0.15, 0.2) is 12.2 Å². The van der Waals surface area contributed by atoms with Gasteiger partial charge in [-0.1, -0.05) is 264 Å². The molecule has 3 N–H and O–H groups in total. The van der Waals surface area contributed by atoms with Crippen LogP contribution >= 0.6 is 0 Å². The summed E-state index contributed by atoms with van der Waals surface area (Å²) in [6.07, 6.45) is 46.0. The number of carboxylic acids is 1. The lowest BCUT2D eigenvalue weighted by Crippen LogP contribution is -2.61. The molecule has 0 spiro atoms. The highest BCUT2D eigenvalue weighted by molar-refractivity contribution is 5.74. The van der Waals surface area contributed by atoms with E-state index < -0.39 is 67.3 Å². The van der Waals surface area contributed by atoms with E-state index in [0.29, 0.717) is 19.3 Å². The number of aliphatic hydroxyl groups is 2. The number of hydrogen-bond acceptors (Lipinski definition) is 11. The van der Waals surface area contributed by atoms with Crippen molar-refractivity contribution in [2.75, 3.05) is 13.2 Å². The topological polar surface area (TPSA) is 175 Å². The van der Waals surface area contributed by atoms with Crippen molar-refractivity contribution in [3.8, 4) is 0 Å². The maximum Gasteiger partial charge on any atom is 0.335 e. The lowest BCUT2D eigenvalue weighted by atomic mass is 9.98. The van der Waals surface area contributed by atoms with E-state index >= 15 is 0 Å². The number of carbonyl (C=O) groups excluding carboxylic acids is 3. The summed E-state index contributed by atoms with van der Waals surface area (Å²) in [7, 11) is 0. The summed E-state index contributed by atoms with van der Waals surface area (Å²) in [5.74, 6) is -3.08. The minimum Gasteiger partial charge on any atom is -0.479 e. The highest BCUT2D eigenvalue weighted by Gasteiger charge is 2.50. The van der Waals surface area contributed by atoms with Gasteiger partial charge in [0.1, 0.15) is 18.8 Å². The third-order valence-electron chi connectivity index (χ3n) is 14.8. The Labute approximate surface area is 458 Å². The average molecular weight is 1070 g/mol. The van der Waals surface area contributed by atoms with Crippen molar-refractivity contribution >= 4 is 23.9 Å². The first kappa shape index (κ1) is 70.5. The number of aliphatic carboxylic acids is 1. The molecule has 440 valence electrons. The number of carbonyl (C=O) groups is 4. The summed E-state index contributed by atoms with van der Waals surface area (Å²) in [5, 5.41) is 31.5. The largest absolute Gasteiger partial charge is 0.479 e. The average Bonchev–Trinajstić information content (AvgIpc) is 3.39. The van der Waals surface area contributed by atoms with Gasteiger partial charge in [0.2, 0.25) is 0 Å². The molecule has 0 bridgehead atoms. The van der Waals surface area contributed by atoms with E-state index in [2.05, 4.69) is 32.9 Å². The van der Waals surface area contributed by atoms with E-state index in [1.54, 1.807) is 0 Å². The summed E-state index contributed by atoms with van der Waals surface area (Å²) < 4.78 is 28.5. The zero-order chi connectivity index (χ0) is 54.7. The smallest absolute Gasteiger partial charge is 0.335 e. The van der Waals surface area contributed by atoms with E-state index in [1.165, 1.54) is 180 Å². The molecule has 12 nitrogen and oxygen atoms in total. The van der Waals surface area contributed by atoms with E-state index in [4.69, 9.17) is 23.7 Å². The molecular weight excluding hydrogens is 949 g/mol. The maximum absolute atomic E-state index is 13.2. The van der Waals surface area contributed by atoms with Crippen molar-refractivity contribution in [1.82, 2.24) is 0 Å². The van der Waals surface area contributed by atoms with Gasteiger partial charge < -0.3 is 39.0 Å². The van der Waals surface area contributed by atoms with Crippen LogP contribution in [0.2, 0.25) is 0 Å². The number of esters is 3. The number of ether oxygens (including phenoxy) is 5. The zero-order valence-electron chi connectivity index (χ0n) is 48.6. The second kappa shape index (κ2) is 52.2. The van der Waals surface area contributed by atoms with Crippen LogP contribution in [0.5, 0.6) is 0 Å². The summed E-state index contributed by atoms with van der Waals surface area (Å²) in [5.41, 5.74) is 0. The van der Waals surface area contributed by atoms with E-state index in [0.717, 1.165) is 77.0 Å². The monoisotopic (exact) mass is 1060 g/mol. The number of allylic oxidation sites excluding steroid dienone is 2. The zero-order valence-corrected chi connectivity index (χ0v) is 48.6. The van der Waals surface area contributed by atoms with E-state index in [1.807, 2.05) is 0 Å². The van der Waals surface area contributed by atoms with Crippen LogP contribution in [-0.4, -0.2) is 89.2 Å². The molecule has 0 saturated carbocycles. The SMILES string of the molecule is CCCCCCCC/C=C\CCCCCCCC(=O)OCC(COC1OC(C(=O)O)C(O)C(O)C1OC(=O)CCCCCCCCCCCCCCCCC)OC(=O)CCCCCCCCCCCCCCCCC. The van der Waals surface area contributed by atoms with Gasteiger partial charge in [-0.15, -0.1) is 0 Å². The molecule has 6 atom stereocenters. The van der Waals surface area contributed by atoms with Gasteiger partial charge in [0.15, 0.2) is 24.6 Å². The van der Waals surface area contributed by atoms with Crippen LogP contribution in [0.3, 0.4) is 0 Å². The molecular formula is C63H116O12. The second-order valence-electron chi connectivity index (χ2n) is 22.1. The normalized spacial score (nSPS) is 18.1. The van der Waals surface area contributed by atoms with Crippen molar-refractivity contribution in [3.63, 3.8) is 0 Å². The van der Waals surface area contributed by atoms with Crippen LogP contribution < -0.4 is 0 Å². The molecule has 0 radical (unpaired) electrons. The van der Waals surface area contributed by atoms with Gasteiger partial charge in [-0.2, -0.15) is 0 Å². The first-order chi connectivity index (χ1) is 36.6. The van der Waals surface area contributed by atoms with E-state index in [-0.39, 0.29) is 25.9 Å². The highest BCUT2D eigenvalue weighted by Crippen LogP contribution is 2.27. The Bertz CT molecular complexity index is 1360. The minimum atomic E-state index is -1.90. The molecule has 1 rings (SSSR count). The van der Waals surface area contributed by atoms with Gasteiger partial charge in [-0.25, -0.2) is 4.79 Å². The van der Waals surface area contributed by atoms with Gasteiger partial charge in [-0.05, 0) is 44.9 Å². The Morgan fingerprint density at radius 2 is 0.760 bits per heavy atom. The number of rotatable bonds is 55. The third kappa shape index (κ3) is 42.1. The molecule has 0 aromatic heterocycles. The van der Waals surface area contributed by atoms with Crippen LogP contribution in [0.1, 0.15) is 316 Å². The molecule has 12 heteroatoms. The lowest BCUT2D eigenvalue weighted by Gasteiger charge is -2.40. The van der Waals surface area contributed by atoms with Crippen molar-refractivity contribution in [3.05, 3.63) is 12.2 Å². The fraction of sp³-hybridized carbons (Fsp3) is 0.905. The molecule has 1 aliphatic heterocycles. The summed E-state index contributed by atoms with van der Waals surface area (Å²) in [4.78, 5) is 51.2. The van der Waals surface area contributed by atoms with Crippen molar-refractivity contribution < 1.29 is 58.2 Å². The standard InChI is InChI=1S/C63H116O12/c1-4-7-10-13-16-19-22-25-28-31-34-37-40-43-46-49-55(64)71-52-54(73-56(65)50-47-44-41-38-35-32-29-26-23-20-17-14-11-8-5-2)53-72-63-61(59(68)58(67)60(75-63)62(69)70)74-57(66)51-48-45-42-39-36-33-30-27-24-21-18-15-12-9-6-3/h25,28,54,58-61,63,67-68H,4-24,26-27,29-53H2,1-3H3,(H,69,70)/b28-25-. The quantitative estimate of drug-likeness (QED) is 0.0228. The van der Waals surface area contributed by atoms with Crippen LogP contribution in [0.25, 0.3) is 0 Å². The first-order valence-corrected chi connectivity index (χ1v) is 31.7. The summed E-state index contributed by atoms with van der Waals surface area (Å²) in [6, 6.07) is 0. The number of hydrogen-bond donors (Lipinski definition) is 3. The van der Waals surface area contributed by atoms with Gasteiger partial charge in [0.05, 0.1) is 6.61 Å². The third-order valence-corrected chi connectivity index (χ3v) is 14.8. The molecule has 1 fully saturated rings. The Morgan fingerprint density at radius 1 is 0.427 bits per heavy atom. The Kier molecular flexibility index (Phi) is 49.0. The highest BCUT2D eigenvalue weighted by atomic mass is 16.7. The summed E-state index contributed by atoms with van der Waals surface area (Å²) >= 11 is 0. The number of unbranched alkanes of at least 4 members (excludes halogenated alkanes) is 39. The van der Waals surface area contributed by atoms with Crippen LogP contribution in [0, 0.1) is 0 Å². The summed E-state index contributed by atoms with van der Waals surface area (Å²) in [6.45, 7) is 6.03. The van der Waals surface area contributed by atoms with Crippen molar-refractivity contribution in [2.45, 2.75) is 353 Å². The predicted molar refractivity (Wildman–Crippen MR) is 304 cm³/mol. The lowest BCUT2D eigenvalue weighted by molar-refractivity contribution is -0.301. The van der Waals surface area contributed by atoms with Gasteiger partial charge in [-0.3, -0.25) is 14.4 Å². The van der Waals surface area contributed by atoms with Crippen molar-refractivity contribution in [1.29, 1.82) is 0 Å². The predicted octanol–water partition coefficient (Wildman–Crippen LogP) is 16.5. The molecule has 75 heavy (non-hydrogen) atoms. The fourth-order valence-corrected chi connectivity index (χ4v) is 9.95. The first-order valence-electron chi connectivity index (χ1n) is 31.7. The molecule has 1 aliphatic rings. The Balaban J connectivity index is 2.66. The van der Waals surface area contributed by atoms with Crippen molar-refractivity contribution in [2.24, 2.45) is 0 Å². The second-order valence-corrected chi connectivity index (χ2v) is 22.1. The molecule has 0 aromatic carbocycles. The Morgan fingerprint density at radius 3 is 1.13 bits per heavy atom. The molecule has 1 saturated heterocycles. The fourth-order valence-electron chi connectivity index (χ4n) is 9.95. The Hall–Kier alpha value is -2.54. The van der Waals surface area contributed by atoms with Crippen LogP contribution in [-0.2, 0) is 42.9 Å². The molecule has 1 heterocycles. The molecule has 6 unspecified atom stereocenters. The van der Waals surface area contributed by atoms with E-state index in [9.17, 15) is 34.5 Å². The number of aliphatic hydroxyl groups excluding tert-OH is 2. The molecule has 0 aliphatic carbocycles. The van der Waals surface area contributed by atoms with Gasteiger partial charge in [0.25, 0.3) is 0 Å². The van der Waals surface area contributed by atoms with Gasteiger partial charge in [0, 0.05) is 19.3 Å². The molecule has 0 aromatic rings. The maximum atomic E-state index is 13.2. The van der Waals surface area contributed by atoms with Crippen LogP contribution in [0.4, 0.5) is 0 Å². The number of carboxylic acid groups (broad SMARTS) is 1.